The Kier molecular flexibility index (Phi) is 1.50. The highest BCUT2D eigenvalue weighted by molar-refractivity contribution is 5.72. The van der Waals surface area contributed by atoms with E-state index in [0.29, 0.717) is 12.3 Å². The largest absolute Gasteiger partial charge is 0.459 e. The lowest BCUT2D eigenvalue weighted by Gasteiger charge is -2.48. The summed E-state index contributed by atoms with van der Waals surface area (Å²) in [6.45, 7) is 0. The first-order valence-corrected chi connectivity index (χ1v) is 5.50. The Morgan fingerprint density at radius 2 is 2.00 bits per heavy atom. The normalized spacial score (nSPS) is 48.5. The molecule has 1 aliphatic heterocycles. The molecule has 1 atom stereocenters. The van der Waals surface area contributed by atoms with Crippen molar-refractivity contribution in [2.24, 2.45) is 11.8 Å². The van der Waals surface area contributed by atoms with Gasteiger partial charge in [-0.3, -0.25) is 4.79 Å². The Morgan fingerprint density at radius 1 is 1.23 bits per heavy atom. The molecule has 4 aliphatic rings. The first kappa shape index (κ1) is 7.84. The molecule has 0 aromatic rings. The predicted molar refractivity (Wildman–Crippen MR) is 48.1 cm³/mol. The van der Waals surface area contributed by atoms with Crippen LogP contribution in [0.15, 0.2) is 0 Å². The van der Waals surface area contributed by atoms with Crippen molar-refractivity contribution in [1.82, 2.24) is 0 Å². The topological polar surface area (TPSA) is 26.3 Å². The minimum atomic E-state index is 0.0122. The van der Waals surface area contributed by atoms with Crippen molar-refractivity contribution >= 4 is 5.97 Å². The van der Waals surface area contributed by atoms with Crippen molar-refractivity contribution in [2.75, 3.05) is 0 Å². The van der Waals surface area contributed by atoms with Crippen molar-refractivity contribution in [3.63, 3.8) is 0 Å². The highest BCUT2D eigenvalue weighted by atomic mass is 16.6. The third kappa shape index (κ3) is 1.04. The van der Waals surface area contributed by atoms with Crippen molar-refractivity contribution in [1.29, 1.82) is 0 Å². The van der Waals surface area contributed by atoms with Crippen molar-refractivity contribution < 1.29 is 9.53 Å². The summed E-state index contributed by atoms with van der Waals surface area (Å²) in [6.07, 6.45) is 8.21. The van der Waals surface area contributed by atoms with Crippen LogP contribution in [0, 0.1) is 11.8 Å². The summed E-state index contributed by atoms with van der Waals surface area (Å²) in [5.41, 5.74) is 0.0122. The molecule has 3 aliphatic carbocycles. The van der Waals surface area contributed by atoms with Gasteiger partial charge < -0.3 is 4.74 Å². The third-order valence-corrected chi connectivity index (χ3v) is 4.29. The summed E-state index contributed by atoms with van der Waals surface area (Å²) in [7, 11) is 0. The van der Waals surface area contributed by atoms with Crippen LogP contribution in [-0.4, -0.2) is 11.6 Å². The standard InChI is InChI=1S/C11H16O2/c12-10-5-6-11(13-10)7-8-1-3-9(11)4-2-8/h8-9H,1-7H2. The Balaban J connectivity index is 1.87. The number of esters is 1. The molecule has 13 heavy (non-hydrogen) atoms. The molecule has 1 unspecified atom stereocenters. The molecule has 0 N–H and O–H groups in total. The molecule has 72 valence electrons. The van der Waals surface area contributed by atoms with Gasteiger partial charge in [-0.1, -0.05) is 0 Å². The maximum absolute atomic E-state index is 11.2. The van der Waals surface area contributed by atoms with Crippen LogP contribution < -0.4 is 0 Å². The summed E-state index contributed by atoms with van der Waals surface area (Å²) in [5, 5.41) is 0. The van der Waals surface area contributed by atoms with E-state index in [-0.39, 0.29) is 11.6 Å². The molecule has 3 saturated carbocycles. The van der Waals surface area contributed by atoms with Gasteiger partial charge in [-0.25, -0.2) is 0 Å². The van der Waals surface area contributed by atoms with Crippen molar-refractivity contribution in [3.8, 4) is 0 Å². The smallest absolute Gasteiger partial charge is 0.306 e. The molecular formula is C11H16O2. The number of fused-ring (bicyclic) bond motifs is 2. The number of hydrogen-bond acceptors (Lipinski definition) is 2. The van der Waals surface area contributed by atoms with Gasteiger partial charge in [0.05, 0.1) is 0 Å². The molecule has 1 heterocycles. The van der Waals surface area contributed by atoms with Gasteiger partial charge in [0, 0.05) is 6.42 Å². The quantitative estimate of drug-likeness (QED) is 0.534. The van der Waals surface area contributed by atoms with Crippen molar-refractivity contribution in [3.05, 3.63) is 0 Å². The number of rotatable bonds is 0. The number of hydrogen-bond donors (Lipinski definition) is 0. The zero-order chi connectivity index (χ0) is 8.89. The van der Waals surface area contributed by atoms with E-state index in [0.717, 1.165) is 12.3 Å². The average Bonchev–Trinajstić information content (AvgIpc) is 2.49. The van der Waals surface area contributed by atoms with E-state index in [1.165, 1.54) is 32.1 Å². The summed E-state index contributed by atoms with van der Waals surface area (Å²) in [5.74, 6) is 1.60. The van der Waals surface area contributed by atoms with Crippen LogP contribution in [-0.2, 0) is 9.53 Å². The molecule has 2 heteroatoms. The Labute approximate surface area is 78.6 Å². The van der Waals surface area contributed by atoms with E-state index < -0.39 is 0 Å². The second kappa shape index (κ2) is 2.49. The van der Waals surface area contributed by atoms with Gasteiger partial charge in [0.2, 0.25) is 0 Å². The van der Waals surface area contributed by atoms with Crippen LogP contribution in [0.5, 0.6) is 0 Å². The van der Waals surface area contributed by atoms with E-state index >= 15 is 0 Å². The first-order valence-electron chi connectivity index (χ1n) is 5.50. The molecule has 4 rings (SSSR count). The van der Waals surface area contributed by atoms with Gasteiger partial charge in [-0.2, -0.15) is 0 Å². The van der Waals surface area contributed by atoms with Crippen LogP contribution in [0.1, 0.15) is 44.9 Å². The molecule has 2 nitrogen and oxygen atoms in total. The van der Waals surface area contributed by atoms with Crippen LogP contribution in [0.2, 0.25) is 0 Å². The van der Waals surface area contributed by atoms with Crippen molar-refractivity contribution in [2.45, 2.75) is 50.5 Å². The minimum absolute atomic E-state index is 0.0122. The van der Waals surface area contributed by atoms with Gasteiger partial charge in [0.15, 0.2) is 0 Å². The molecule has 4 fully saturated rings. The van der Waals surface area contributed by atoms with E-state index in [2.05, 4.69) is 0 Å². The summed E-state index contributed by atoms with van der Waals surface area (Å²) in [4.78, 5) is 11.2. The fourth-order valence-electron chi connectivity index (χ4n) is 3.62. The van der Waals surface area contributed by atoms with Gasteiger partial charge >= 0.3 is 5.97 Å². The van der Waals surface area contributed by atoms with Gasteiger partial charge in [-0.05, 0) is 50.4 Å². The average molecular weight is 180 g/mol. The Bertz CT molecular complexity index is 240. The van der Waals surface area contributed by atoms with E-state index in [4.69, 9.17) is 4.74 Å². The summed E-state index contributed by atoms with van der Waals surface area (Å²) >= 11 is 0. The van der Waals surface area contributed by atoms with Crippen LogP contribution in [0.25, 0.3) is 0 Å². The first-order chi connectivity index (χ1) is 6.28. The van der Waals surface area contributed by atoms with E-state index in [1.54, 1.807) is 0 Å². The second-order valence-corrected chi connectivity index (χ2v) is 4.96. The Morgan fingerprint density at radius 3 is 2.46 bits per heavy atom. The van der Waals surface area contributed by atoms with Gasteiger partial charge in [-0.15, -0.1) is 0 Å². The number of ether oxygens (including phenoxy) is 1. The zero-order valence-electron chi connectivity index (χ0n) is 7.92. The van der Waals surface area contributed by atoms with Crippen LogP contribution >= 0.6 is 0 Å². The van der Waals surface area contributed by atoms with Crippen LogP contribution in [0.3, 0.4) is 0 Å². The monoisotopic (exact) mass is 180 g/mol. The second-order valence-electron chi connectivity index (χ2n) is 4.96. The molecule has 0 radical (unpaired) electrons. The SMILES string of the molecule is O=C1CCC2(CC3CCC2CC3)O1. The van der Waals surface area contributed by atoms with E-state index in [9.17, 15) is 4.79 Å². The third-order valence-electron chi connectivity index (χ3n) is 4.29. The maximum atomic E-state index is 11.2. The van der Waals surface area contributed by atoms with Crippen LogP contribution in [0.4, 0.5) is 0 Å². The van der Waals surface area contributed by atoms with Gasteiger partial charge in [0.25, 0.3) is 0 Å². The molecule has 0 amide bonds. The zero-order valence-corrected chi connectivity index (χ0v) is 7.92. The predicted octanol–water partition coefficient (Wildman–Crippen LogP) is 2.27. The lowest BCUT2D eigenvalue weighted by molar-refractivity contribution is -0.163. The molecule has 1 saturated heterocycles. The molecule has 0 aromatic carbocycles. The summed E-state index contributed by atoms with van der Waals surface area (Å²) < 4.78 is 5.58. The lowest BCUT2D eigenvalue weighted by Crippen LogP contribution is -2.47. The highest BCUT2D eigenvalue weighted by Gasteiger charge is 2.52. The number of carbonyl (C=O) groups is 1. The molecule has 1 spiro atoms. The minimum Gasteiger partial charge on any atom is -0.459 e. The fraction of sp³-hybridized carbons (Fsp3) is 0.909. The Hall–Kier alpha value is -0.530. The molecular weight excluding hydrogens is 164 g/mol. The highest BCUT2D eigenvalue weighted by Crippen LogP contribution is 2.53. The lowest BCUT2D eigenvalue weighted by atomic mass is 9.61. The molecule has 0 aromatic heterocycles. The summed E-state index contributed by atoms with van der Waals surface area (Å²) in [6, 6.07) is 0. The van der Waals surface area contributed by atoms with E-state index in [1.807, 2.05) is 0 Å². The maximum Gasteiger partial charge on any atom is 0.306 e. The van der Waals surface area contributed by atoms with Gasteiger partial charge in [0.1, 0.15) is 5.60 Å². The number of carbonyl (C=O) groups excluding carboxylic acids is 1. The fourth-order valence-corrected chi connectivity index (χ4v) is 3.62. The molecule has 2 bridgehead atoms.